The molecule has 0 aromatic heterocycles. The third kappa shape index (κ3) is 7.21. The predicted octanol–water partition coefficient (Wildman–Crippen LogP) is 4.02. The van der Waals surface area contributed by atoms with Gasteiger partial charge in [-0.2, -0.15) is 0 Å². The van der Waals surface area contributed by atoms with E-state index in [2.05, 4.69) is 27.9 Å². The molecule has 2 N–H and O–H groups in total. The van der Waals surface area contributed by atoms with Gasteiger partial charge in [-0.05, 0) is 91.3 Å². The summed E-state index contributed by atoms with van der Waals surface area (Å²) in [5.41, 5.74) is 2.42. The first kappa shape index (κ1) is 30.7. The van der Waals surface area contributed by atoms with Crippen molar-refractivity contribution in [3.63, 3.8) is 0 Å². The van der Waals surface area contributed by atoms with Gasteiger partial charge in [0.15, 0.2) is 5.79 Å². The van der Waals surface area contributed by atoms with Crippen LogP contribution >= 0.6 is 22.6 Å². The Morgan fingerprint density at radius 3 is 2.36 bits per heavy atom. The molecular weight excluding hydrogens is 653 g/mol. The minimum Gasteiger partial charge on any atom is -0.460 e. The largest absolute Gasteiger partial charge is 0.460 e. The second kappa shape index (κ2) is 12.4. The zero-order valence-corrected chi connectivity index (χ0v) is 26.1. The van der Waals surface area contributed by atoms with Crippen LogP contribution in [0.15, 0.2) is 60.2 Å². The first-order valence-electron chi connectivity index (χ1n) is 14.2. The molecule has 224 valence electrons. The van der Waals surface area contributed by atoms with Crippen LogP contribution in [0.25, 0.3) is 0 Å². The molecule has 4 atom stereocenters. The summed E-state index contributed by atoms with van der Waals surface area (Å²) in [5, 5.41) is 12.7. The summed E-state index contributed by atoms with van der Waals surface area (Å²) in [7, 11) is 0. The highest BCUT2D eigenvalue weighted by molar-refractivity contribution is 14.1. The van der Waals surface area contributed by atoms with Gasteiger partial charge in [0.25, 0.3) is 0 Å². The number of hydrogen-bond donors (Lipinski definition) is 2. The highest BCUT2D eigenvalue weighted by atomic mass is 127. The number of carbonyl (C=O) groups is 3. The fourth-order valence-corrected chi connectivity index (χ4v) is 5.99. The lowest BCUT2D eigenvalue weighted by atomic mass is 9.91. The van der Waals surface area contributed by atoms with Crippen molar-refractivity contribution in [2.24, 2.45) is 0 Å². The van der Waals surface area contributed by atoms with E-state index >= 15 is 0 Å². The van der Waals surface area contributed by atoms with Crippen LogP contribution in [0, 0.1) is 3.57 Å². The highest BCUT2D eigenvalue weighted by Crippen LogP contribution is 2.45. The minimum atomic E-state index is -0.907. The van der Waals surface area contributed by atoms with Crippen molar-refractivity contribution in [1.82, 2.24) is 5.32 Å². The van der Waals surface area contributed by atoms with Crippen LogP contribution in [0.3, 0.4) is 0 Å². The van der Waals surface area contributed by atoms with Crippen molar-refractivity contribution in [1.29, 1.82) is 0 Å². The van der Waals surface area contributed by atoms with Crippen LogP contribution in [0.2, 0.25) is 0 Å². The van der Waals surface area contributed by atoms with Gasteiger partial charge in [-0.3, -0.25) is 9.59 Å². The second-order valence-electron chi connectivity index (χ2n) is 12.0. The van der Waals surface area contributed by atoms with Gasteiger partial charge < -0.3 is 29.4 Å². The molecule has 1 heterocycles. The van der Waals surface area contributed by atoms with Gasteiger partial charge in [-0.1, -0.05) is 24.3 Å². The van der Waals surface area contributed by atoms with Crippen molar-refractivity contribution in [2.45, 2.75) is 88.6 Å². The Morgan fingerprint density at radius 1 is 1.07 bits per heavy atom. The Kier molecular flexibility index (Phi) is 9.08. The molecule has 1 spiro atoms. The summed E-state index contributed by atoms with van der Waals surface area (Å²) in [6.45, 7) is 5.00. The lowest BCUT2D eigenvalue weighted by Gasteiger charge is -2.31. The van der Waals surface area contributed by atoms with E-state index in [0.717, 1.165) is 14.7 Å². The number of aliphatic hydroxyl groups is 1. The average Bonchev–Trinajstić information content (AvgIpc) is 3.48. The van der Waals surface area contributed by atoms with Gasteiger partial charge in [0.1, 0.15) is 23.9 Å². The lowest BCUT2D eigenvalue weighted by Crippen LogP contribution is -2.45. The Hall–Kier alpha value is -2.80. The van der Waals surface area contributed by atoms with E-state index in [1.54, 1.807) is 39.0 Å². The van der Waals surface area contributed by atoms with Crippen LogP contribution < -0.4 is 5.32 Å². The van der Waals surface area contributed by atoms with Gasteiger partial charge in [0.2, 0.25) is 5.91 Å². The first-order valence-corrected chi connectivity index (χ1v) is 15.2. The predicted molar refractivity (Wildman–Crippen MR) is 161 cm³/mol. The van der Waals surface area contributed by atoms with Crippen molar-refractivity contribution in [3.8, 4) is 0 Å². The number of aliphatic hydroxyl groups excluding tert-OH is 1. The van der Waals surface area contributed by atoms with E-state index in [9.17, 15) is 19.5 Å². The monoisotopic (exact) mass is 689 g/mol. The molecule has 1 fully saturated rings. The number of esters is 2. The summed E-state index contributed by atoms with van der Waals surface area (Å²) in [4.78, 5) is 38.7. The first-order chi connectivity index (χ1) is 19.9. The molecule has 5 rings (SSSR count). The molecular formula is C32H36INO8. The quantitative estimate of drug-likeness (QED) is 0.315. The molecule has 1 amide bonds. The van der Waals surface area contributed by atoms with E-state index in [1.165, 1.54) is 0 Å². The summed E-state index contributed by atoms with van der Waals surface area (Å²) < 4.78 is 25.3. The van der Waals surface area contributed by atoms with Crippen molar-refractivity contribution < 1.29 is 38.4 Å². The third-order valence-electron chi connectivity index (χ3n) is 7.52. The van der Waals surface area contributed by atoms with Crippen LogP contribution in [0.4, 0.5) is 0 Å². The summed E-state index contributed by atoms with van der Waals surface area (Å²) in [6.07, 6.45) is 1.23. The Morgan fingerprint density at radius 2 is 1.74 bits per heavy atom. The Balaban J connectivity index is 1.32. The molecule has 2 aromatic rings. The number of amides is 1. The molecule has 2 aliphatic carbocycles. The Labute approximate surface area is 259 Å². The minimum absolute atomic E-state index is 0.0444. The average molecular weight is 690 g/mol. The third-order valence-corrected chi connectivity index (χ3v) is 8.24. The second-order valence-corrected chi connectivity index (χ2v) is 13.3. The number of ether oxygens (including phenoxy) is 4. The Bertz CT molecular complexity index is 1340. The number of benzene rings is 2. The molecule has 10 heteroatoms. The molecule has 42 heavy (non-hydrogen) atoms. The topological polar surface area (TPSA) is 120 Å². The van der Waals surface area contributed by atoms with Crippen LogP contribution in [0.1, 0.15) is 61.5 Å². The van der Waals surface area contributed by atoms with Crippen LogP contribution in [-0.4, -0.2) is 65.3 Å². The van der Waals surface area contributed by atoms with Gasteiger partial charge in [0.05, 0.1) is 18.2 Å². The van der Waals surface area contributed by atoms with Crippen LogP contribution in [-0.2, 0) is 41.4 Å². The lowest BCUT2D eigenvalue weighted by molar-refractivity contribution is -0.172. The molecule has 0 saturated carbocycles. The van der Waals surface area contributed by atoms with Gasteiger partial charge in [0, 0.05) is 34.8 Å². The van der Waals surface area contributed by atoms with Crippen molar-refractivity contribution in [2.75, 3.05) is 6.61 Å². The molecule has 4 unspecified atom stereocenters. The molecule has 0 bridgehead atoms. The molecule has 2 aromatic carbocycles. The number of fused-ring (bicyclic) bond motifs is 2. The molecule has 3 aliphatic rings. The highest BCUT2D eigenvalue weighted by Gasteiger charge is 2.55. The van der Waals surface area contributed by atoms with Crippen LogP contribution in [0.5, 0.6) is 0 Å². The number of halogens is 1. The molecule has 9 nitrogen and oxygen atoms in total. The van der Waals surface area contributed by atoms with E-state index in [1.807, 2.05) is 36.4 Å². The number of nitrogens with one attached hydrogen (secondary N) is 1. The summed E-state index contributed by atoms with van der Waals surface area (Å²) >= 11 is 2.17. The zero-order valence-electron chi connectivity index (χ0n) is 23.9. The summed E-state index contributed by atoms with van der Waals surface area (Å²) in [5.74, 6) is -2.25. The van der Waals surface area contributed by atoms with Gasteiger partial charge in [-0.15, -0.1) is 0 Å². The molecule has 1 aliphatic heterocycles. The van der Waals surface area contributed by atoms with E-state index in [0.29, 0.717) is 24.0 Å². The maximum Gasteiger partial charge on any atom is 0.338 e. The molecule has 0 radical (unpaired) electrons. The van der Waals surface area contributed by atoms with Crippen molar-refractivity contribution in [3.05, 3.63) is 80.4 Å². The van der Waals surface area contributed by atoms with Gasteiger partial charge in [-0.25, -0.2) is 4.79 Å². The van der Waals surface area contributed by atoms with E-state index in [-0.39, 0.29) is 25.9 Å². The van der Waals surface area contributed by atoms with Gasteiger partial charge >= 0.3 is 11.9 Å². The fraction of sp³-hybridized carbons (Fsp3) is 0.469. The number of rotatable bonds is 8. The summed E-state index contributed by atoms with van der Waals surface area (Å²) in [6, 6.07) is 14.5. The number of hydrogen-bond acceptors (Lipinski definition) is 8. The van der Waals surface area contributed by atoms with E-state index < -0.39 is 53.6 Å². The molecule has 1 saturated heterocycles. The smallest absolute Gasteiger partial charge is 0.338 e. The maximum atomic E-state index is 13.4. The standard InChI is InChI=1S/C32H36INO8/c1-31(2,3)41-27(36)13-12-24(18-35)34-29(37)22-14-25(39-30(38)19-8-10-23(33)11-9-19)28-26(15-22)40-32(42-28)16-20-6-4-5-7-21(20)17-32/h4-11,15,24-26,28,35H,12-14,16-18H2,1-3H3,(H,34,37). The maximum absolute atomic E-state index is 13.4. The normalized spacial score (nSPS) is 23.0. The van der Waals surface area contributed by atoms with E-state index in [4.69, 9.17) is 18.9 Å². The SMILES string of the molecule is CC(C)(C)OC(=O)CCC(CO)NC(=O)C1=CC2OC3(Cc4ccccc4C3)OC2C(OC(=O)c2ccc(I)cc2)C1. The zero-order chi connectivity index (χ0) is 30.1. The number of carbonyl (C=O) groups excluding carboxylic acids is 3. The van der Waals surface area contributed by atoms with Crippen molar-refractivity contribution >= 4 is 40.4 Å². The fourth-order valence-electron chi connectivity index (χ4n) is 5.63.